The SMILES string of the molecule is O[C@H](COC[C@@H]1COc2ccccc2O1)C[N+]1(Cc2ccc(Cl)cc2)CCCC1. The standard InChI is InChI=1S/C23H29ClNO4/c24-19-9-7-18(8-10-19)13-25(11-3-4-12-25)14-20(26)15-27-16-21-17-28-22-5-1-2-6-23(22)29-21/h1-2,5-10,20-21,26H,3-4,11-17H2/q+1/t20-,21+/m0/s1. The zero-order valence-electron chi connectivity index (χ0n) is 16.6. The second kappa shape index (κ2) is 9.35. The van der Waals surface area contributed by atoms with Gasteiger partial charge in [0.1, 0.15) is 25.8 Å². The molecule has 4 rings (SSSR count). The summed E-state index contributed by atoms with van der Waals surface area (Å²) >= 11 is 6.02. The Morgan fingerprint density at radius 2 is 1.79 bits per heavy atom. The van der Waals surface area contributed by atoms with Crippen molar-refractivity contribution in [1.29, 1.82) is 0 Å². The van der Waals surface area contributed by atoms with Gasteiger partial charge in [0.05, 0.1) is 26.3 Å². The Hall–Kier alpha value is -1.79. The number of ether oxygens (including phenoxy) is 3. The monoisotopic (exact) mass is 418 g/mol. The van der Waals surface area contributed by atoms with Crippen LogP contribution in [0.15, 0.2) is 48.5 Å². The summed E-state index contributed by atoms with van der Waals surface area (Å²) in [4.78, 5) is 0. The topological polar surface area (TPSA) is 47.9 Å². The first-order chi connectivity index (χ1) is 14.1. The maximum Gasteiger partial charge on any atom is 0.161 e. The molecule has 2 aliphatic rings. The van der Waals surface area contributed by atoms with Gasteiger partial charge in [-0.05, 0) is 24.3 Å². The third-order valence-corrected chi connectivity index (χ3v) is 5.98. The summed E-state index contributed by atoms with van der Waals surface area (Å²) in [6.45, 7) is 4.98. The Bertz CT molecular complexity index is 792. The number of aliphatic hydroxyl groups excluding tert-OH is 1. The van der Waals surface area contributed by atoms with E-state index in [2.05, 4.69) is 12.1 Å². The number of quaternary nitrogens is 1. The molecule has 0 aromatic heterocycles. The molecule has 2 atom stereocenters. The summed E-state index contributed by atoms with van der Waals surface area (Å²) in [5.74, 6) is 1.52. The van der Waals surface area contributed by atoms with Gasteiger partial charge >= 0.3 is 0 Å². The molecule has 2 aromatic carbocycles. The number of hydrogen-bond donors (Lipinski definition) is 1. The van der Waals surface area contributed by atoms with Crippen LogP contribution in [0, 0.1) is 0 Å². The van der Waals surface area contributed by atoms with Crippen molar-refractivity contribution in [2.24, 2.45) is 0 Å². The third kappa shape index (κ3) is 5.43. The summed E-state index contributed by atoms with van der Waals surface area (Å²) in [7, 11) is 0. The minimum absolute atomic E-state index is 0.152. The molecule has 0 radical (unpaired) electrons. The molecule has 5 nitrogen and oxygen atoms in total. The predicted octanol–water partition coefficient (Wildman–Crippen LogP) is 3.67. The molecular weight excluding hydrogens is 390 g/mol. The summed E-state index contributed by atoms with van der Waals surface area (Å²) in [6.07, 6.45) is 1.75. The largest absolute Gasteiger partial charge is 0.486 e. The molecule has 0 amide bonds. The molecule has 29 heavy (non-hydrogen) atoms. The van der Waals surface area contributed by atoms with E-state index in [0.717, 1.165) is 40.6 Å². The molecule has 0 spiro atoms. The second-order valence-electron chi connectivity index (χ2n) is 8.15. The number of halogens is 1. The minimum atomic E-state index is -0.503. The molecule has 2 heterocycles. The quantitative estimate of drug-likeness (QED) is 0.664. The van der Waals surface area contributed by atoms with Gasteiger partial charge in [-0.25, -0.2) is 0 Å². The van der Waals surface area contributed by atoms with Gasteiger partial charge in [0, 0.05) is 23.4 Å². The highest BCUT2D eigenvalue weighted by molar-refractivity contribution is 6.30. The number of hydrogen-bond acceptors (Lipinski definition) is 4. The Morgan fingerprint density at radius 3 is 2.55 bits per heavy atom. The molecule has 1 saturated heterocycles. The average molecular weight is 419 g/mol. The molecule has 156 valence electrons. The fourth-order valence-electron chi connectivity index (χ4n) is 4.37. The van der Waals surface area contributed by atoms with Gasteiger partial charge in [-0.3, -0.25) is 0 Å². The molecule has 2 aromatic rings. The van der Waals surface area contributed by atoms with Gasteiger partial charge < -0.3 is 23.8 Å². The highest BCUT2D eigenvalue weighted by atomic mass is 35.5. The maximum absolute atomic E-state index is 10.7. The van der Waals surface area contributed by atoms with E-state index >= 15 is 0 Å². The summed E-state index contributed by atoms with van der Waals surface area (Å²) in [5, 5.41) is 11.4. The molecule has 0 unspecified atom stereocenters. The molecule has 1 N–H and O–H groups in total. The van der Waals surface area contributed by atoms with Crippen LogP contribution >= 0.6 is 11.6 Å². The van der Waals surface area contributed by atoms with Crippen LogP contribution in [0.4, 0.5) is 0 Å². The van der Waals surface area contributed by atoms with E-state index in [1.54, 1.807) is 0 Å². The number of para-hydroxylation sites is 2. The minimum Gasteiger partial charge on any atom is -0.486 e. The molecule has 2 aliphatic heterocycles. The van der Waals surface area contributed by atoms with Crippen molar-refractivity contribution in [2.75, 3.05) is 39.5 Å². The Balaban J connectivity index is 1.26. The van der Waals surface area contributed by atoms with E-state index in [9.17, 15) is 5.11 Å². The van der Waals surface area contributed by atoms with Crippen LogP contribution in [0.3, 0.4) is 0 Å². The smallest absolute Gasteiger partial charge is 0.161 e. The van der Waals surface area contributed by atoms with E-state index in [1.165, 1.54) is 18.4 Å². The van der Waals surface area contributed by atoms with Gasteiger partial charge in [-0.2, -0.15) is 0 Å². The van der Waals surface area contributed by atoms with Gasteiger partial charge in [-0.1, -0.05) is 35.9 Å². The zero-order chi connectivity index (χ0) is 20.1. The van der Waals surface area contributed by atoms with Crippen molar-refractivity contribution in [2.45, 2.75) is 31.6 Å². The lowest BCUT2D eigenvalue weighted by Crippen LogP contribution is -2.50. The van der Waals surface area contributed by atoms with Gasteiger partial charge in [-0.15, -0.1) is 0 Å². The molecule has 0 saturated carbocycles. The van der Waals surface area contributed by atoms with Crippen molar-refractivity contribution >= 4 is 11.6 Å². The van der Waals surface area contributed by atoms with Crippen molar-refractivity contribution in [1.82, 2.24) is 0 Å². The number of fused-ring (bicyclic) bond motifs is 1. The van der Waals surface area contributed by atoms with E-state index in [4.69, 9.17) is 25.8 Å². The van der Waals surface area contributed by atoms with E-state index < -0.39 is 6.10 Å². The first-order valence-electron chi connectivity index (χ1n) is 10.4. The van der Waals surface area contributed by atoms with Crippen LogP contribution < -0.4 is 9.47 Å². The number of nitrogens with zero attached hydrogens (tertiary/aromatic N) is 1. The number of rotatable bonds is 8. The maximum atomic E-state index is 10.7. The lowest BCUT2D eigenvalue weighted by molar-refractivity contribution is -0.932. The van der Waals surface area contributed by atoms with Gasteiger partial charge in [0.2, 0.25) is 0 Å². The van der Waals surface area contributed by atoms with E-state index in [0.29, 0.717) is 26.4 Å². The first kappa shape index (κ1) is 20.5. The molecule has 6 heteroatoms. The highest BCUT2D eigenvalue weighted by Gasteiger charge is 2.34. The molecule has 1 fully saturated rings. The Morgan fingerprint density at radius 1 is 1.07 bits per heavy atom. The molecule has 0 bridgehead atoms. The van der Waals surface area contributed by atoms with Crippen molar-refractivity contribution < 1.29 is 23.8 Å². The predicted molar refractivity (Wildman–Crippen MR) is 112 cm³/mol. The Kier molecular flexibility index (Phi) is 6.60. The number of aliphatic hydroxyl groups is 1. The van der Waals surface area contributed by atoms with Crippen LogP contribution in [0.25, 0.3) is 0 Å². The first-order valence-corrected chi connectivity index (χ1v) is 10.7. The number of likely N-dealkylation sites (tertiary alicyclic amines) is 1. The van der Waals surface area contributed by atoms with Crippen LogP contribution in [-0.2, 0) is 11.3 Å². The van der Waals surface area contributed by atoms with Crippen molar-refractivity contribution in [3.63, 3.8) is 0 Å². The fourth-order valence-corrected chi connectivity index (χ4v) is 4.50. The van der Waals surface area contributed by atoms with Crippen molar-refractivity contribution in [3.8, 4) is 11.5 Å². The lowest BCUT2D eigenvalue weighted by atomic mass is 10.1. The summed E-state index contributed by atoms with van der Waals surface area (Å²) in [6, 6.07) is 15.7. The second-order valence-corrected chi connectivity index (χ2v) is 8.59. The van der Waals surface area contributed by atoms with Crippen molar-refractivity contribution in [3.05, 3.63) is 59.1 Å². The lowest BCUT2D eigenvalue weighted by Gasteiger charge is -2.36. The zero-order valence-corrected chi connectivity index (χ0v) is 17.4. The normalized spacial score (nSPS) is 21.1. The van der Waals surface area contributed by atoms with E-state index in [1.807, 2.05) is 36.4 Å². The third-order valence-electron chi connectivity index (χ3n) is 5.73. The van der Waals surface area contributed by atoms with Crippen LogP contribution in [0.5, 0.6) is 11.5 Å². The van der Waals surface area contributed by atoms with Crippen LogP contribution in [0.2, 0.25) is 5.02 Å². The fraction of sp³-hybridized carbons (Fsp3) is 0.478. The van der Waals surface area contributed by atoms with E-state index in [-0.39, 0.29) is 6.10 Å². The van der Waals surface area contributed by atoms with Gasteiger partial charge in [0.25, 0.3) is 0 Å². The average Bonchev–Trinajstić information content (AvgIpc) is 3.17. The van der Waals surface area contributed by atoms with Crippen LogP contribution in [0.1, 0.15) is 18.4 Å². The van der Waals surface area contributed by atoms with Crippen LogP contribution in [-0.4, -0.2) is 61.3 Å². The summed E-state index contributed by atoms with van der Waals surface area (Å²) < 4.78 is 18.3. The highest BCUT2D eigenvalue weighted by Crippen LogP contribution is 2.31. The van der Waals surface area contributed by atoms with Gasteiger partial charge in [0.15, 0.2) is 17.6 Å². The number of benzene rings is 2. The molecular formula is C23H29ClNO4+. The summed E-state index contributed by atoms with van der Waals surface area (Å²) in [5.41, 5.74) is 1.26. The molecule has 0 aliphatic carbocycles. The Labute approximate surface area is 177 Å².